The maximum absolute atomic E-state index is 14.0. The number of fused-ring (bicyclic) bond motifs is 1. The minimum Gasteiger partial charge on any atom is -0.390 e. The van der Waals surface area contributed by atoms with Crippen molar-refractivity contribution in [1.82, 2.24) is 5.32 Å². The minimum atomic E-state index is -1.23. The molecule has 2 aliphatic heterocycles. The van der Waals surface area contributed by atoms with Crippen molar-refractivity contribution in [3.8, 4) is 0 Å². The Hall–Kier alpha value is -1.50. The van der Waals surface area contributed by atoms with Gasteiger partial charge in [0.25, 0.3) is 0 Å². The molecule has 2 heterocycles. The van der Waals surface area contributed by atoms with E-state index in [-0.39, 0.29) is 35.5 Å². The van der Waals surface area contributed by atoms with Gasteiger partial charge in [-0.2, -0.15) is 0 Å². The number of hydrogen-bond acceptors (Lipinski definition) is 5. The number of aliphatic hydroxyl groups is 2. The summed E-state index contributed by atoms with van der Waals surface area (Å²) in [6.07, 6.45) is 2.29. The number of carbonyl (C=O) groups excluding carboxylic acids is 2. The van der Waals surface area contributed by atoms with Crippen LogP contribution in [0.1, 0.15) is 53.9 Å². The van der Waals surface area contributed by atoms with Crippen molar-refractivity contribution in [2.75, 3.05) is 0 Å². The van der Waals surface area contributed by atoms with Gasteiger partial charge in [-0.3, -0.25) is 9.59 Å². The lowest BCUT2D eigenvalue weighted by atomic mass is 9.54. The van der Waals surface area contributed by atoms with E-state index in [0.717, 1.165) is 12.0 Å². The second-order valence-corrected chi connectivity index (χ2v) is 10.3. The molecule has 0 bridgehead atoms. The Morgan fingerprint density at radius 2 is 1.93 bits per heavy atom. The summed E-state index contributed by atoms with van der Waals surface area (Å²) < 4.78 is 5.61. The third kappa shape index (κ3) is 3.19. The van der Waals surface area contributed by atoms with Gasteiger partial charge in [-0.25, -0.2) is 0 Å². The largest absolute Gasteiger partial charge is 0.390 e. The zero-order valence-corrected chi connectivity index (χ0v) is 18.6. The standard InChI is InChI=1S/C24H35NO5/c1-11(2)8-16-18-14(5)13(4)10-15-9-12(3)6-7-17(26)19(27)20-21(30-20)22(28)24(15,18)23(29)25-16/h9-11,14-21,26-27H,6-8H2,1-5H3,(H,25,29)/t14-,15+,16+,17-,18+,19+,20+,21-,24+/m1/s1. The van der Waals surface area contributed by atoms with E-state index in [2.05, 4.69) is 39.1 Å². The molecule has 0 unspecified atom stereocenters. The van der Waals surface area contributed by atoms with E-state index in [1.54, 1.807) is 0 Å². The molecule has 3 N–H and O–H groups in total. The number of nitrogens with one attached hydrogen (secondary N) is 1. The first-order chi connectivity index (χ1) is 14.1. The summed E-state index contributed by atoms with van der Waals surface area (Å²) in [6, 6.07) is -0.0749. The summed E-state index contributed by atoms with van der Waals surface area (Å²) in [4.78, 5) is 27.6. The van der Waals surface area contributed by atoms with Crippen molar-refractivity contribution in [2.45, 2.75) is 84.3 Å². The van der Waals surface area contributed by atoms with Gasteiger partial charge >= 0.3 is 0 Å². The van der Waals surface area contributed by atoms with Crippen molar-refractivity contribution in [3.63, 3.8) is 0 Å². The van der Waals surface area contributed by atoms with E-state index in [0.29, 0.717) is 18.8 Å². The van der Waals surface area contributed by atoms with Crippen LogP contribution in [-0.4, -0.2) is 52.4 Å². The van der Waals surface area contributed by atoms with E-state index in [9.17, 15) is 19.8 Å². The van der Waals surface area contributed by atoms with Crippen LogP contribution in [0.3, 0.4) is 0 Å². The lowest BCUT2D eigenvalue weighted by Gasteiger charge is -2.44. The van der Waals surface area contributed by atoms with Crippen molar-refractivity contribution in [1.29, 1.82) is 0 Å². The fourth-order valence-corrected chi connectivity index (χ4v) is 6.13. The smallest absolute Gasteiger partial charge is 0.235 e. The first-order valence-corrected chi connectivity index (χ1v) is 11.3. The van der Waals surface area contributed by atoms with Gasteiger partial charge in [0.2, 0.25) is 5.91 Å². The number of rotatable bonds is 2. The van der Waals surface area contributed by atoms with E-state index in [1.807, 2.05) is 13.0 Å². The number of ketones is 1. The molecule has 4 rings (SSSR count). The average Bonchev–Trinajstić information content (AvgIpc) is 3.41. The molecule has 0 aromatic carbocycles. The number of carbonyl (C=O) groups is 2. The van der Waals surface area contributed by atoms with Crippen LogP contribution < -0.4 is 5.32 Å². The number of amides is 1. The molecule has 0 aromatic rings. The number of hydrogen-bond donors (Lipinski definition) is 3. The van der Waals surface area contributed by atoms with Gasteiger partial charge in [0, 0.05) is 17.9 Å². The molecule has 9 atom stereocenters. The topological polar surface area (TPSA) is 99.2 Å². The normalized spacial score (nSPS) is 46.1. The molecule has 6 nitrogen and oxygen atoms in total. The Bertz CT molecular complexity index is 801. The van der Waals surface area contributed by atoms with Gasteiger partial charge in [0.15, 0.2) is 5.78 Å². The van der Waals surface area contributed by atoms with E-state index >= 15 is 0 Å². The van der Waals surface area contributed by atoms with Gasteiger partial charge in [-0.05, 0) is 44.9 Å². The molecule has 2 fully saturated rings. The summed E-state index contributed by atoms with van der Waals surface area (Å²) in [5.41, 5.74) is 0.993. The van der Waals surface area contributed by atoms with Crippen LogP contribution in [0.2, 0.25) is 0 Å². The predicted molar refractivity (Wildman–Crippen MR) is 112 cm³/mol. The maximum atomic E-state index is 14.0. The summed E-state index contributed by atoms with van der Waals surface area (Å²) in [5, 5.41) is 24.0. The lowest BCUT2D eigenvalue weighted by molar-refractivity contribution is -0.146. The Morgan fingerprint density at radius 1 is 1.23 bits per heavy atom. The summed E-state index contributed by atoms with van der Waals surface area (Å²) in [5.74, 6) is -0.485. The molecule has 0 aromatic heterocycles. The molecule has 0 saturated carbocycles. The third-order valence-corrected chi connectivity index (χ3v) is 7.82. The molecule has 2 saturated heterocycles. The summed E-state index contributed by atoms with van der Waals surface area (Å²) in [6.45, 7) is 10.4. The second kappa shape index (κ2) is 7.57. The highest BCUT2D eigenvalue weighted by molar-refractivity contribution is 6.12. The van der Waals surface area contributed by atoms with Crippen molar-refractivity contribution in [2.24, 2.45) is 29.1 Å². The molecular formula is C24H35NO5. The zero-order valence-electron chi connectivity index (χ0n) is 18.6. The highest BCUT2D eigenvalue weighted by atomic mass is 16.6. The van der Waals surface area contributed by atoms with Crippen LogP contribution in [0.5, 0.6) is 0 Å². The Morgan fingerprint density at radius 3 is 2.60 bits per heavy atom. The Labute approximate surface area is 178 Å². The van der Waals surface area contributed by atoms with Gasteiger partial charge in [0.1, 0.15) is 23.7 Å². The monoisotopic (exact) mass is 417 g/mol. The van der Waals surface area contributed by atoms with E-state index in [4.69, 9.17) is 4.74 Å². The summed E-state index contributed by atoms with van der Waals surface area (Å²) >= 11 is 0. The van der Waals surface area contributed by atoms with Crippen LogP contribution in [0.15, 0.2) is 23.3 Å². The molecule has 30 heavy (non-hydrogen) atoms. The van der Waals surface area contributed by atoms with Crippen LogP contribution in [0.25, 0.3) is 0 Å². The molecule has 0 radical (unpaired) electrons. The SMILES string of the molecule is CC1=C[C@H]2C=C(C)[C@@H](C)[C@H]3[C@H](CC(C)C)NC(=O)[C@@]23C(=O)[C@@H]2O[C@H]2[C@@H](O)[C@H](O)CC1. The van der Waals surface area contributed by atoms with Crippen LogP contribution >= 0.6 is 0 Å². The number of Topliss-reactive ketones (excluding diaryl/α,β-unsaturated/α-hetero) is 1. The fourth-order valence-electron chi connectivity index (χ4n) is 6.13. The molecule has 166 valence electrons. The molecule has 1 amide bonds. The highest BCUT2D eigenvalue weighted by Crippen LogP contribution is 2.57. The first-order valence-electron chi connectivity index (χ1n) is 11.3. The number of allylic oxidation sites excluding steroid dienone is 4. The fraction of sp³-hybridized carbons (Fsp3) is 0.750. The number of aliphatic hydroxyl groups excluding tert-OH is 2. The van der Waals surface area contributed by atoms with Crippen molar-refractivity contribution >= 4 is 11.7 Å². The van der Waals surface area contributed by atoms with Gasteiger partial charge < -0.3 is 20.3 Å². The Kier molecular flexibility index (Phi) is 5.48. The molecule has 4 aliphatic rings. The van der Waals surface area contributed by atoms with Crippen LogP contribution in [0, 0.1) is 29.1 Å². The van der Waals surface area contributed by atoms with Crippen molar-refractivity contribution < 1.29 is 24.5 Å². The van der Waals surface area contributed by atoms with Gasteiger partial charge in [-0.1, -0.05) is 44.1 Å². The van der Waals surface area contributed by atoms with Gasteiger partial charge in [-0.15, -0.1) is 0 Å². The zero-order chi connectivity index (χ0) is 22.0. The van der Waals surface area contributed by atoms with Crippen LogP contribution in [0.4, 0.5) is 0 Å². The molecule has 1 spiro atoms. The van der Waals surface area contributed by atoms with E-state index in [1.165, 1.54) is 5.57 Å². The van der Waals surface area contributed by atoms with Crippen molar-refractivity contribution in [3.05, 3.63) is 23.3 Å². The minimum absolute atomic E-state index is 0.0749. The molecule has 6 heteroatoms. The predicted octanol–water partition coefficient (Wildman–Crippen LogP) is 2.14. The second-order valence-electron chi connectivity index (χ2n) is 10.3. The quantitative estimate of drug-likeness (QED) is 0.363. The van der Waals surface area contributed by atoms with Crippen LogP contribution in [-0.2, 0) is 14.3 Å². The molecular weight excluding hydrogens is 382 g/mol. The number of ether oxygens (including phenoxy) is 1. The third-order valence-electron chi connectivity index (χ3n) is 7.82. The average molecular weight is 418 g/mol. The number of epoxide rings is 1. The molecule has 2 aliphatic carbocycles. The maximum Gasteiger partial charge on any atom is 0.235 e. The Balaban J connectivity index is 1.87. The lowest BCUT2D eigenvalue weighted by Crippen LogP contribution is -2.54. The summed E-state index contributed by atoms with van der Waals surface area (Å²) in [7, 11) is 0. The van der Waals surface area contributed by atoms with Gasteiger partial charge in [0.05, 0.1) is 6.10 Å². The first kappa shape index (κ1) is 21.7. The van der Waals surface area contributed by atoms with E-state index < -0.39 is 29.8 Å². The highest BCUT2D eigenvalue weighted by Gasteiger charge is 2.70.